The summed E-state index contributed by atoms with van der Waals surface area (Å²) < 4.78 is 0. The lowest BCUT2D eigenvalue weighted by molar-refractivity contribution is 0.907. The Morgan fingerprint density at radius 3 is 1.04 bits per heavy atom. The molecular weight excluding hydrogens is 1060 g/mol. The summed E-state index contributed by atoms with van der Waals surface area (Å²) >= 11 is 0. The minimum Gasteiger partial charge on any atom is -0.265 e. The molecule has 24 heteroatoms. The molecule has 0 aliphatic carbocycles. The van der Waals surface area contributed by atoms with Crippen LogP contribution in [0.4, 0.5) is 0 Å². The Morgan fingerprint density at radius 2 is 0.750 bits per heavy atom. The molecule has 0 N–H and O–H groups in total. The largest absolute Gasteiger partial charge is 0.265 e. The zero-order valence-electron chi connectivity index (χ0n) is 49.5. The first-order valence-corrected chi connectivity index (χ1v) is 25.5. The van der Waals surface area contributed by atoms with Crippen molar-refractivity contribution in [2.24, 2.45) is 0 Å². The van der Waals surface area contributed by atoms with Crippen LogP contribution in [0.2, 0.25) is 0 Å². The molecule has 24 nitrogen and oxygen atoms in total. The molecule has 12 aromatic rings. The van der Waals surface area contributed by atoms with E-state index in [1.807, 2.05) is 149 Å². The van der Waals surface area contributed by atoms with E-state index in [0.717, 1.165) is 51.2 Å². The van der Waals surface area contributed by atoms with Crippen LogP contribution in [0.1, 0.15) is 68.2 Å². The standard InChI is InChI=1S/3C6H7N.6C5H6N2.3C4H5N3/c1-6-2-4-7-5-3-6;1-6-3-2-4-7-5-6;1-6-4-2-3-5-7-6;1-5-2-6-4-7-3-5;1-5-4-6-2-3-7-5;1-5-2-3-6-4-7-5;1-5-2-3-6-7-4-5;1-5-6-3-2-4-7-5;1-5-3-2-4-6-7-5;1-4-6-2-5-3-7-4;1-4-2-5-3-6-7-4;1-4-5-2-3-6-7-4/h3*2-5H,1H3;6*2-4H,1H3;3*2-3H,1H3. The van der Waals surface area contributed by atoms with E-state index >= 15 is 0 Å². The monoisotopic (exact) mass is 1130 g/mol. The minimum absolute atomic E-state index is 0.711. The molecule has 0 bridgehead atoms. The first-order valence-electron chi connectivity index (χ1n) is 25.5. The van der Waals surface area contributed by atoms with Gasteiger partial charge in [0.1, 0.15) is 49.1 Å². The van der Waals surface area contributed by atoms with Gasteiger partial charge < -0.3 is 0 Å². The van der Waals surface area contributed by atoms with E-state index in [0.29, 0.717) is 5.82 Å². The maximum absolute atomic E-state index is 3.98. The average molecular weight is 1130 g/mol. The van der Waals surface area contributed by atoms with E-state index in [-0.39, 0.29) is 0 Å². The summed E-state index contributed by atoms with van der Waals surface area (Å²) in [5.41, 5.74) is 9.57. The third-order valence-corrected chi connectivity index (χ3v) is 8.53. The van der Waals surface area contributed by atoms with Gasteiger partial charge in [0.2, 0.25) is 0 Å². The number of aromatic nitrogens is 24. The second-order valence-electron chi connectivity index (χ2n) is 16.3. The number of aryl methyl sites for hydroxylation is 12. The molecule has 84 heavy (non-hydrogen) atoms. The van der Waals surface area contributed by atoms with Crippen molar-refractivity contribution in [2.75, 3.05) is 0 Å². The molecule has 12 aromatic heterocycles. The average Bonchev–Trinajstić information content (AvgIpc) is 3.51. The van der Waals surface area contributed by atoms with Gasteiger partial charge in [0.15, 0.2) is 0 Å². The summed E-state index contributed by atoms with van der Waals surface area (Å²) in [6, 6.07) is 23.1. The highest BCUT2D eigenvalue weighted by atomic mass is 15.1. The zero-order chi connectivity index (χ0) is 61.4. The van der Waals surface area contributed by atoms with Gasteiger partial charge >= 0.3 is 0 Å². The smallest absolute Gasteiger partial charge is 0.147 e. The SMILES string of the molecule is Cc1ccccn1.Cc1cccnc1.Cc1cccnn1.Cc1ccncc1.Cc1ccncn1.Cc1ccnnc1.Cc1cnccn1.Cc1cncnc1.Cc1cncnn1.Cc1ncccn1.Cc1nccnn1.Cc1ncncn1. The van der Waals surface area contributed by atoms with Crippen molar-refractivity contribution in [3.05, 3.63) is 290 Å². The molecule has 0 amide bonds. The molecule has 12 heterocycles. The fourth-order valence-corrected chi connectivity index (χ4v) is 4.46. The Kier molecular flexibility index (Phi) is 42.4. The number of rotatable bonds is 0. The molecule has 432 valence electrons. The van der Waals surface area contributed by atoms with Crippen molar-refractivity contribution in [2.45, 2.75) is 83.1 Å². The molecule has 0 saturated heterocycles. The van der Waals surface area contributed by atoms with Crippen molar-refractivity contribution >= 4 is 0 Å². The van der Waals surface area contributed by atoms with Crippen LogP contribution in [0.25, 0.3) is 0 Å². The zero-order valence-corrected chi connectivity index (χ0v) is 49.5. The Hall–Kier alpha value is -11.0. The highest BCUT2D eigenvalue weighted by Crippen LogP contribution is 1.91. The fraction of sp³-hybridized carbons (Fsp3) is 0.200. The molecular formula is C60H72N24. The summed E-state index contributed by atoms with van der Waals surface area (Å²) in [6.45, 7) is 23.1. The van der Waals surface area contributed by atoms with Gasteiger partial charge in [0, 0.05) is 111 Å². The normalized spacial score (nSPS) is 8.71. The van der Waals surface area contributed by atoms with Gasteiger partial charge in [-0.2, -0.15) is 30.6 Å². The van der Waals surface area contributed by atoms with Gasteiger partial charge in [-0.15, -0.1) is 10.2 Å². The Labute approximate surface area is 492 Å². The third kappa shape index (κ3) is 48.1. The molecule has 12 rings (SSSR count). The van der Waals surface area contributed by atoms with Crippen molar-refractivity contribution in [1.29, 1.82) is 0 Å². The lowest BCUT2D eigenvalue weighted by Crippen LogP contribution is -1.85. The van der Waals surface area contributed by atoms with Crippen molar-refractivity contribution in [1.82, 2.24) is 121 Å². The summed E-state index contributed by atoms with van der Waals surface area (Å²) in [5.74, 6) is 2.29. The van der Waals surface area contributed by atoms with Crippen LogP contribution in [0.15, 0.2) is 222 Å². The van der Waals surface area contributed by atoms with Gasteiger partial charge in [-0.05, 0) is 166 Å². The van der Waals surface area contributed by atoms with Crippen LogP contribution in [0.5, 0.6) is 0 Å². The Balaban J connectivity index is 0.000000458. The molecule has 0 aliphatic rings. The maximum atomic E-state index is 3.98. The van der Waals surface area contributed by atoms with Gasteiger partial charge in [-0.3, -0.25) is 24.9 Å². The Morgan fingerprint density at radius 1 is 0.202 bits per heavy atom. The fourth-order valence-electron chi connectivity index (χ4n) is 4.46. The summed E-state index contributed by atoms with van der Waals surface area (Å²) in [6.07, 6.45) is 40.0. The first-order chi connectivity index (χ1) is 40.7. The number of hydrogen-bond acceptors (Lipinski definition) is 24. The lowest BCUT2D eigenvalue weighted by atomic mass is 10.3. The van der Waals surface area contributed by atoms with Crippen LogP contribution in [-0.4, -0.2) is 121 Å². The predicted octanol–water partition coefficient (Wildman–Crippen LogP) is 9.42. The van der Waals surface area contributed by atoms with Crippen LogP contribution in [-0.2, 0) is 0 Å². The number of pyridine rings is 3. The summed E-state index contributed by atoms with van der Waals surface area (Å²) in [4.78, 5) is 61.0. The Bertz CT molecular complexity index is 2440. The lowest BCUT2D eigenvalue weighted by Gasteiger charge is -1.82. The second-order valence-corrected chi connectivity index (χ2v) is 16.3. The van der Waals surface area contributed by atoms with E-state index in [9.17, 15) is 0 Å². The quantitative estimate of drug-likeness (QED) is 0.136. The van der Waals surface area contributed by atoms with Crippen LogP contribution in [0.3, 0.4) is 0 Å². The molecule has 0 fully saturated rings. The van der Waals surface area contributed by atoms with E-state index in [1.54, 1.807) is 125 Å². The summed E-state index contributed by atoms with van der Waals surface area (Å²) in [5, 5.41) is 29.0. The van der Waals surface area contributed by atoms with Gasteiger partial charge in [-0.25, -0.2) is 54.8 Å². The van der Waals surface area contributed by atoms with Crippen LogP contribution in [0, 0.1) is 83.1 Å². The van der Waals surface area contributed by atoms with E-state index in [4.69, 9.17) is 0 Å². The van der Waals surface area contributed by atoms with E-state index in [1.165, 1.54) is 42.8 Å². The molecule has 0 spiro atoms. The highest BCUT2D eigenvalue weighted by Gasteiger charge is 1.82. The third-order valence-electron chi connectivity index (χ3n) is 8.53. The van der Waals surface area contributed by atoms with Crippen molar-refractivity contribution < 1.29 is 0 Å². The topological polar surface area (TPSA) is 309 Å². The van der Waals surface area contributed by atoms with E-state index in [2.05, 4.69) is 121 Å². The van der Waals surface area contributed by atoms with Gasteiger partial charge in [0.05, 0.1) is 35.7 Å². The molecule has 0 radical (unpaired) electrons. The highest BCUT2D eigenvalue weighted by molar-refractivity contribution is 5.06. The molecule has 0 aliphatic heterocycles. The van der Waals surface area contributed by atoms with Crippen molar-refractivity contribution in [3.63, 3.8) is 0 Å². The molecule has 0 unspecified atom stereocenters. The molecule has 0 aromatic carbocycles. The van der Waals surface area contributed by atoms with E-state index < -0.39 is 0 Å². The number of nitrogens with zero attached hydrogens (tertiary/aromatic N) is 24. The molecule has 0 atom stereocenters. The predicted molar refractivity (Wildman–Crippen MR) is 321 cm³/mol. The molecule has 0 saturated carbocycles. The van der Waals surface area contributed by atoms with Gasteiger partial charge in [0.25, 0.3) is 0 Å². The second kappa shape index (κ2) is 50.2. The maximum Gasteiger partial charge on any atom is 0.147 e. The van der Waals surface area contributed by atoms with Crippen LogP contribution >= 0.6 is 0 Å². The van der Waals surface area contributed by atoms with Crippen molar-refractivity contribution in [3.8, 4) is 0 Å². The number of hydrogen-bond donors (Lipinski definition) is 0. The van der Waals surface area contributed by atoms with Gasteiger partial charge in [-0.1, -0.05) is 12.1 Å². The summed E-state index contributed by atoms with van der Waals surface area (Å²) in [7, 11) is 0. The van der Waals surface area contributed by atoms with Crippen LogP contribution < -0.4 is 0 Å². The first kappa shape index (κ1) is 71.0. The minimum atomic E-state index is 0.711.